The second kappa shape index (κ2) is 6.08. The molecule has 0 bridgehead atoms. The number of carbonyl (C=O) groups excluding carboxylic acids is 2. The Labute approximate surface area is 139 Å². The number of aryl methyl sites for hydroxylation is 2. The first kappa shape index (κ1) is 15.6. The van der Waals surface area contributed by atoms with Gasteiger partial charge in [-0.2, -0.15) is 0 Å². The van der Waals surface area contributed by atoms with Gasteiger partial charge in [0, 0.05) is 7.05 Å². The molecule has 0 unspecified atom stereocenters. The summed E-state index contributed by atoms with van der Waals surface area (Å²) < 4.78 is 5.31. The zero-order valence-electron chi connectivity index (χ0n) is 13.3. The number of hydrogen-bond donors (Lipinski definition) is 0. The van der Waals surface area contributed by atoms with Gasteiger partial charge in [-0.25, -0.2) is 0 Å². The van der Waals surface area contributed by atoms with Gasteiger partial charge in [-0.05, 0) is 37.1 Å². The van der Waals surface area contributed by atoms with Crippen molar-refractivity contribution in [3.8, 4) is 0 Å². The van der Waals surface area contributed by atoms with Crippen LogP contribution < -0.4 is 0 Å². The van der Waals surface area contributed by atoms with Crippen LogP contribution in [0.3, 0.4) is 0 Å². The molecular weight excluding hydrogens is 310 g/mol. The molecule has 2 heterocycles. The lowest BCUT2D eigenvalue weighted by Crippen LogP contribution is -2.26. The van der Waals surface area contributed by atoms with Crippen LogP contribution in [0.15, 0.2) is 45.9 Å². The first-order valence-electron chi connectivity index (χ1n) is 7.28. The number of likely N-dealkylation sites (N-methyl/N-ethyl adjacent to an activating group) is 1. The zero-order chi connectivity index (χ0) is 16.6. The number of amides is 2. The number of imide groups is 1. The van der Waals surface area contributed by atoms with Gasteiger partial charge in [0.2, 0.25) is 0 Å². The van der Waals surface area contributed by atoms with E-state index < -0.39 is 0 Å². The highest BCUT2D eigenvalue weighted by molar-refractivity contribution is 8.03. The van der Waals surface area contributed by atoms with Gasteiger partial charge in [-0.1, -0.05) is 23.8 Å². The van der Waals surface area contributed by atoms with Crippen molar-refractivity contribution in [1.82, 2.24) is 4.90 Å². The van der Waals surface area contributed by atoms with E-state index in [4.69, 9.17) is 4.42 Å². The lowest BCUT2D eigenvalue weighted by molar-refractivity contribution is -0.134. The van der Waals surface area contributed by atoms with Crippen LogP contribution >= 0.6 is 11.8 Å². The third kappa shape index (κ3) is 2.84. The van der Waals surface area contributed by atoms with Crippen molar-refractivity contribution in [1.29, 1.82) is 0 Å². The molecule has 2 amide bonds. The van der Waals surface area contributed by atoms with Gasteiger partial charge in [0.1, 0.15) is 5.76 Å². The maximum absolute atomic E-state index is 12.5. The minimum Gasteiger partial charge on any atom is -0.468 e. The van der Waals surface area contributed by atoms with E-state index in [1.807, 2.05) is 44.2 Å². The molecule has 23 heavy (non-hydrogen) atoms. The maximum Gasteiger partial charge on any atom is 0.267 e. The summed E-state index contributed by atoms with van der Waals surface area (Å²) in [6.45, 7) is 3.96. The van der Waals surface area contributed by atoms with Crippen molar-refractivity contribution in [2.75, 3.05) is 7.05 Å². The molecule has 0 N–H and O–H groups in total. The SMILES string of the molecule is Cc1ccc(C2=C(SCc3ccco3)C(=O)N(C)C2=O)c(C)c1. The predicted molar refractivity (Wildman–Crippen MR) is 90.6 cm³/mol. The predicted octanol–water partition coefficient (Wildman–Crippen LogP) is 3.54. The van der Waals surface area contributed by atoms with Gasteiger partial charge < -0.3 is 4.42 Å². The van der Waals surface area contributed by atoms with E-state index in [9.17, 15) is 9.59 Å². The summed E-state index contributed by atoms with van der Waals surface area (Å²) in [5.41, 5.74) is 3.43. The number of carbonyl (C=O) groups is 2. The first-order valence-corrected chi connectivity index (χ1v) is 8.27. The standard InChI is InChI=1S/C18H17NO3S/c1-11-6-7-14(12(2)9-11)15-16(18(21)19(3)17(15)20)23-10-13-5-4-8-22-13/h4-9H,10H2,1-3H3. The van der Waals surface area contributed by atoms with E-state index >= 15 is 0 Å². The second-order valence-corrected chi connectivity index (χ2v) is 6.55. The third-order valence-corrected chi connectivity index (χ3v) is 4.93. The van der Waals surface area contributed by atoms with Crippen molar-refractivity contribution >= 4 is 29.1 Å². The Bertz CT molecular complexity index is 806. The molecule has 0 saturated heterocycles. The minimum absolute atomic E-state index is 0.246. The normalized spacial score (nSPS) is 15.0. The minimum atomic E-state index is -0.249. The zero-order valence-corrected chi connectivity index (χ0v) is 14.1. The molecule has 2 aromatic rings. The molecule has 1 aliphatic rings. The fourth-order valence-corrected chi connectivity index (χ4v) is 3.67. The molecule has 118 valence electrons. The van der Waals surface area contributed by atoms with Crippen LogP contribution in [0.25, 0.3) is 5.57 Å². The molecule has 0 radical (unpaired) electrons. The number of thioether (sulfide) groups is 1. The highest BCUT2D eigenvalue weighted by Gasteiger charge is 2.37. The molecule has 3 rings (SSSR count). The van der Waals surface area contributed by atoms with Crippen molar-refractivity contribution in [2.24, 2.45) is 0 Å². The average molecular weight is 327 g/mol. The number of benzene rings is 1. The average Bonchev–Trinajstić information content (AvgIpc) is 3.10. The Hall–Kier alpha value is -2.27. The van der Waals surface area contributed by atoms with Gasteiger partial charge >= 0.3 is 0 Å². The largest absolute Gasteiger partial charge is 0.468 e. The highest BCUT2D eigenvalue weighted by atomic mass is 32.2. The van der Waals surface area contributed by atoms with Crippen LogP contribution in [-0.4, -0.2) is 23.8 Å². The molecule has 1 aliphatic heterocycles. The Kier molecular flexibility index (Phi) is 4.13. The van der Waals surface area contributed by atoms with Gasteiger partial charge in [0.25, 0.3) is 11.8 Å². The van der Waals surface area contributed by atoms with Gasteiger partial charge in [0.05, 0.1) is 22.5 Å². The molecule has 0 saturated carbocycles. The van der Waals surface area contributed by atoms with Gasteiger partial charge in [-0.3, -0.25) is 14.5 Å². The van der Waals surface area contributed by atoms with Crippen LogP contribution in [0.2, 0.25) is 0 Å². The summed E-state index contributed by atoms with van der Waals surface area (Å²) in [6.07, 6.45) is 1.60. The number of hydrogen-bond acceptors (Lipinski definition) is 4. The van der Waals surface area contributed by atoms with Crippen LogP contribution in [0, 0.1) is 13.8 Å². The monoisotopic (exact) mass is 327 g/mol. The molecule has 0 fully saturated rings. The van der Waals surface area contributed by atoms with E-state index in [1.54, 1.807) is 6.26 Å². The van der Waals surface area contributed by atoms with Crippen LogP contribution in [-0.2, 0) is 15.3 Å². The molecule has 0 spiro atoms. The van der Waals surface area contributed by atoms with Crippen molar-refractivity contribution in [2.45, 2.75) is 19.6 Å². The number of furan rings is 1. The smallest absolute Gasteiger partial charge is 0.267 e. The van der Waals surface area contributed by atoms with E-state index in [-0.39, 0.29) is 11.8 Å². The number of nitrogens with zero attached hydrogens (tertiary/aromatic N) is 1. The first-order chi connectivity index (χ1) is 11.0. The molecule has 0 atom stereocenters. The summed E-state index contributed by atoms with van der Waals surface area (Å²) in [5, 5.41) is 0. The lowest BCUT2D eigenvalue weighted by Gasteiger charge is -2.09. The van der Waals surface area contributed by atoms with Crippen molar-refractivity contribution < 1.29 is 14.0 Å². The highest BCUT2D eigenvalue weighted by Crippen LogP contribution is 2.38. The van der Waals surface area contributed by atoms with Gasteiger partial charge in [0.15, 0.2) is 0 Å². The fraction of sp³-hybridized carbons (Fsp3) is 0.222. The van der Waals surface area contributed by atoms with Gasteiger partial charge in [-0.15, -0.1) is 11.8 Å². The molecule has 4 nitrogen and oxygen atoms in total. The molecular formula is C18H17NO3S. The summed E-state index contributed by atoms with van der Waals surface area (Å²) in [4.78, 5) is 26.6. The fourth-order valence-electron chi connectivity index (χ4n) is 2.62. The Morgan fingerprint density at radius 1 is 1.13 bits per heavy atom. The molecule has 1 aromatic heterocycles. The van der Waals surface area contributed by atoms with Crippen LogP contribution in [0.5, 0.6) is 0 Å². The summed E-state index contributed by atoms with van der Waals surface area (Å²) in [7, 11) is 1.52. The summed E-state index contributed by atoms with van der Waals surface area (Å²) in [5.74, 6) is 0.798. The van der Waals surface area contributed by atoms with Crippen molar-refractivity contribution in [3.63, 3.8) is 0 Å². The Morgan fingerprint density at radius 2 is 1.91 bits per heavy atom. The van der Waals surface area contributed by atoms with Crippen LogP contribution in [0.1, 0.15) is 22.5 Å². The summed E-state index contributed by atoms with van der Waals surface area (Å²) >= 11 is 1.35. The van der Waals surface area contributed by atoms with E-state index in [0.717, 1.165) is 22.5 Å². The molecule has 5 heteroatoms. The van der Waals surface area contributed by atoms with Crippen molar-refractivity contribution in [3.05, 3.63) is 64.0 Å². The second-order valence-electron chi connectivity index (χ2n) is 5.56. The maximum atomic E-state index is 12.5. The summed E-state index contributed by atoms with van der Waals surface area (Å²) in [6, 6.07) is 9.56. The van der Waals surface area contributed by atoms with E-state index in [0.29, 0.717) is 16.2 Å². The number of rotatable bonds is 4. The Morgan fingerprint density at radius 3 is 2.57 bits per heavy atom. The van der Waals surface area contributed by atoms with E-state index in [1.165, 1.54) is 23.7 Å². The Balaban J connectivity index is 2.02. The topological polar surface area (TPSA) is 50.5 Å². The van der Waals surface area contributed by atoms with E-state index in [2.05, 4.69) is 0 Å². The van der Waals surface area contributed by atoms with Crippen LogP contribution in [0.4, 0.5) is 0 Å². The molecule has 1 aromatic carbocycles. The molecule has 0 aliphatic carbocycles. The third-order valence-electron chi connectivity index (χ3n) is 3.83. The quantitative estimate of drug-likeness (QED) is 0.806. The lowest BCUT2D eigenvalue weighted by atomic mass is 9.99.